The standard InChI is InChI=1S/C13H26N2O.C2H6/c1-14-10-13(11-14)9-12-3-5-15(6-4-12)7-8-16-2;1-2/h12-13H,3-11H2,1-2H3;1-2H3. The van der Waals surface area contributed by atoms with Gasteiger partial charge >= 0.3 is 0 Å². The van der Waals surface area contributed by atoms with Gasteiger partial charge in [0.2, 0.25) is 0 Å². The van der Waals surface area contributed by atoms with Crippen LogP contribution in [0.4, 0.5) is 0 Å². The van der Waals surface area contributed by atoms with Gasteiger partial charge in [0.15, 0.2) is 0 Å². The molecular formula is C15H32N2O. The molecule has 0 amide bonds. The smallest absolute Gasteiger partial charge is 0.0589 e. The molecule has 0 aromatic carbocycles. The fourth-order valence-electron chi connectivity index (χ4n) is 3.11. The fraction of sp³-hybridized carbons (Fsp3) is 1.00. The summed E-state index contributed by atoms with van der Waals surface area (Å²) in [5.41, 5.74) is 0. The molecule has 0 saturated carbocycles. The summed E-state index contributed by atoms with van der Waals surface area (Å²) >= 11 is 0. The van der Waals surface area contributed by atoms with Crippen LogP contribution in [0.15, 0.2) is 0 Å². The summed E-state index contributed by atoms with van der Waals surface area (Å²) in [6.45, 7) is 11.3. The van der Waals surface area contributed by atoms with Crippen molar-refractivity contribution in [1.82, 2.24) is 9.80 Å². The van der Waals surface area contributed by atoms with Crippen molar-refractivity contribution in [3.63, 3.8) is 0 Å². The van der Waals surface area contributed by atoms with Crippen molar-refractivity contribution in [2.75, 3.05) is 53.5 Å². The summed E-state index contributed by atoms with van der Waals surface area (Å²) in [6.07, 6.45) is 4.29. The predicted molar refractivity (Wildman–Crippen MR) is 78.0 cm³/mol. The van der Waals surface area contributed by atoms with Crippen molar-refractivity contribution in [3.8, 4) is 0 Å². The second kappa shape index (κ2) is 8.89. The molecular weight excluding hydrogens is 224 g/mol. The Morgan fingerprint density at radius 2 is 1.67 bits per heavy atom. The van der Waals surface area contributed by atoms with E-state index in [4.69, 9.17) is 4.74 Å². The third kappa shape index (κ3) is 5.25. The lowest BCUT2D eigenvalue weighted by atomic mass is 9.84. The third-order valence-corrected chi connectivity index (χ3v) is 4.13. The van der Waals surface area contributed by atoms with Crippen molar-refractivity contribution < 1.29 is 4.74 Å². The Kier molecular flexibility index (Phi) is 7.87. The first-order valence-corrected chi connectivity index (χ1v) is 7.67. The maximum atomic E-state index is 5.13. The number of ether oxygens (including phenoxy) is 1. The van der Waals surface area contributed by atoms with Crippen LogP contribution in [0, 0.1) is 11.8 Å². The average Bonchev–Trinajstić information content (AvgIpc) is 2.38. The molecule has 3 heteroatoms. The highest BCUT2D eigenvalue weighted by molar-refractivity contribution is 4.81. The maximum absolute atomic E-state index is 5.13. The Hall–Kier alpha value is -0.120. The zero-order valence-electron chi connectivity index (χ0n) is 12.8. The highest BCUT2D eigenvalue weighted by Crippen LogP contribution is 2.28. The Bertz CT molecular complexity index is 197. The Morgan fingerprint density at radius 1 is 1.06 bits per heavy atom. The van der Waals surface area contributed by atoms with E-state index < -0.39 is 0 Å². The van der Waals surface area contributed by atoms with Gasteiger partial charge in [0.1, 0.15) is 0 Å². The molecule has 2 aliphatic rings. The molecule has 18 heavy (non-hydrogen) atoms. The van der Waals surface area contributed by atoms with Gasteiger partial charge in [0.25, 0.3) is 0 Å². The van der Waals surface area contributed by atoms with Crippen molar-refractivity contribution in [1.29, 1.82) is 0 Å². The molecule has 0 aliphatic carbocycles. The van der Waals surface area contributed by atoms with Gasteiger partial charge in [-0.3, -0.25) is 0 Å². The minimum absolute atomic E-state index is 0.887. The number of piperidine rings is 1. The summed E-state index contributed by atoms with van der Waals surface area (Å²) in [5, 5.41) is 0. The second-order valence-electron chi connectivity index (χ2n) is 5.60. The quantitative estimate of drug-likeness (QED) is 0.751. The first-order chi connectivity index (χ1) is 8.78. The van der Waals surface area contributed by atoms with Crippen molar-refractivity contribution in [2.24, 2.45) is 11.8 Å². The van der Waals surface area contributed by atoms with Crippen molar-refractivity contribution >= 4 is 0 Å². The van der Waals surface area contributed by atoms with Crippen LogP contribution in [-0.4, -0.2) is 63.3 Å². The van der Waals surface area contributed by atoms with Gasteiger partial charge in [-0.05, 0) is 51.2 Å². The Morgan fingerprint density at radius 3 is 2.17 bits per heavy atom. The SMILES string of the molecule is CC.COCCN1CCC(CC2CN(C)C2)CC1. The van der Waals surface area contributed by atoms with E-state index in [-0.39, 0.29) is 0 Å². The summed E-state index contributed by atoms with van der Waals surface area (Å²) in [4.78, 5) is 4.98. The molecule has 0 aromatic heterocycles. The zero-order valence-corrected chi connectivity index (χ0v) is 12.8. The number of hydrogen-bond donors (Lipinski definition) is 0. The van der Waals surface area contributed by atoms with E-state index in [1.165, 1.54) is 45.4 Å². The lowest BCUT2D eigenvalue weighted by molar-refractivity contribution is 0.0798. The molecule has 108 valence electrons. The lowest BCUT2D eigenvalue weighted by Gasteiger charge is -2.40. The van der Waals surface area contributed by atoms with E-state index in [2.05, 4.69) is 16.8 Å². The second-order valence-corrected chi connectivity index (χ2v) is 5.60. The normalized spacial score (nSPS) is 23.3. The monoisotopic (exact) mass is 256 g/mol. The maximum Gasteiger partial charge on any atom is 0.0589 e. The van der Waals surface area contributed by atoms with Crippen LogP contribution in [0.3, 0.4) is 0 Å². The average molecular weight is 256 g/mol. The van der Waals surface area contributed by atoms with Crippen LogP contribution in [0.1, 0.15) is 33.1 Å². The van der Waals surface area contributed by atoms with Crippen LogP contribution >= 0.6 is 0 Å². The van der Waals surface area contributed by atoms with Gasteiger partial charge in [0, 0.05) is 26.7 Å². The molecule has 2 heterocycles. The molecule has 0 aromatic rings. The van der Waals surface area contributed by atoms with Crippen molar-refractivity contribution in [2.45, 2.75) is 33.1 Å². The number of hydrogen-bond acceptors (Lipinski definition) is 3. The van der Waals surface area contributed by atoms with Gasteiger partial charge in [0.05, 0.1) is 6.61 Å². The van der Waals surface area contributed by atoms with Gasteiger partial charge in [-0.1, -0.05) is 13.8 Å². The van der Waals surface area contributed by atoms with Gasteiger partial charge in [-0.2, -0.15) is 0 Å². The number of likely N-dealkylation sites (tertiary alicyclic amines) is 2. The molecule has 0 atom stereocenters. The summed E-state index contributed by atoms with van der Waals surface area (Å²) < 4.78 is 5.13. The summed E-state index contributed by atoms with van der Waals surface area (Å²) in [7, 11) is 4.02. The molecule has 2 fully saturated rings. The molecule has 3 nitrogen and oxygen atoms in total. The van der Waals surface area contributed by atoms with E-state index >= 15 is 0 Å². The minimum atomic E-state index is 0.887. The molecule has 0 bridgehead atoms. The Balaban J connectivity index is 0.000000771. The van der Waals surface area contributed by atoms with E-state index in [1.54, 1.807) is 7.11 Å². The number of methoxy groups -OCH3 is 1. The van der Waals surface area contributed by atoms with Crippen molar-refractivity contribution in [3.05, 3.63) is 0 Å². The third-order valence-electron chi connectivity index (χ3n) is 4.13. The van der Waals surface area contributed by atoms with Gasteiger partial charge in [-0.15, -0.1) is 0 Å². The molecule has 2 rings (SSSR count). The topological polar surface area (TPSA) is 15.7 Å². The predicted octanol–water partition coefficient (Wildman–Crippen LogP) is 2.32. The zero-order chi connectivity index (χ0) is 13.4. The highest BCUT2D eigenvalue weighted by atomic mass is 16.5. The molecule has 2 saturated heterocycles. The van der Waals surface area contributed by atoms with E-state index in [0.717, 1.165) is 25.0 Å². The fourth-order valence-corrected chi connectivity index (χ4v) is 3.11. The lowest BCUT2D eigenvalue weighted by Crippen LogP contribution is -2.45. The van der Waals surface area contributed by atoms with Crippen LogP contribution in [0.5, 0.6) is 0 Å². The van der Waals surface area contributed by atoms with Crippen LogP contribution < -0.4 is 0 Å². The van der Waals surface area contributed by atoms with E-state index in [9.17, 15) is 0 Å². The first kappa shape index (κ1) is 15.9. The van der Waals surface area contributed by atoms with Crippen LogP contribution in [0.25, 0.3) is 0 Å². The largest absolute Gasteiger partial charge is 0.383 e. The molecule has 0 N–H and O–H groups in total. The van der Waals surface area contributed by atoms with Gasteiger partial charge in [-0.25, -0.2) is 0 Å². The summed E-state index contributed by atoms with van der Waals surface area (Å²) in [6, 6.07) is 0. The number of nitrogens with zero attached hydrogens (tertiary/aromatic N) is 2. The summed E-state index contributed by atoms with van der Waals surface area (Å²) in [5.74, 6) is 2.00. The highest BCUT2D eigenvalue weighted by Gasteiger charge is 2.28. The molecule has 0 unspecified atom stereocenters. The van der Waals surface area contributed by atoms with Gasteiger partial charge < -0.3 is 14.5 Å². The molecule has 2 aliphatic heterocycles. The van der Waals surface area contributed by atoms with E-state index in [1.807, 2.05) is 13.8 Å². The first-order valence-electron chi connectivity index (χ1n) is 7.67. The van der Waals surface area contributed by atoms with E-state index in [0.29, 0.717) is 0 Å². The molecule has 0 radical (unpaired) electrons. The number of rotatable bonds is 5. The minimum Gasteiger partial charge on any atom is -0.383 e. The Labute approximate surface area is 113 Å². The molecule has 0 spiro atoms. The van der Waals surface area contributed by atoms with Crippen LogP contribution in [0.2, 0.25) is 0 Å². The van der Waals surface area contributed by atoms with Crippen LogP contribution in [-0.2, 0) is 4.74 Å².